The number of hydrogen-bond acceptors (Lipinski definition) is 3. The highest BCUT2D eigenvalue weighted by Gasteiger charge is 2.53. The third kappa shape index (κ3) is 3.87. The molecule has 4 heteroatoms. The van der Waals surface area contributed by atoms with Crippen LogP contribution in [0.15, 0.2) is 0 Å². The number of alkyl carbamates (subject to hydrolysis) is 1. The molecule has 0 aliphatic heterocycles. The number of ether oxygens (including phenoxy) is 1. The normalized spacial score (nSPS) is 20.2. The molecule has 0 spiro atoms. The maximum atomic E-state index is 11.9. The fourth-order valence-corrected chi connectivity index (χ4v) is 2.48. The molecule has 0 aromatic carbocycles. The van der Waals surface area contributed by atoms with Crippen LogP contribution in [0.4, 0.5) is 4.79 Å². The van der Waals surface area contributed by atoms with E-state index in [1.165, 1.54) is 0 Å². The molecular weight excluding hydrogens is 228 g/mol. The van der Waals surface area contributed by atoms with Gasteiger partial charge in [-0.05, 0) is 45.6 Å². The zero-order chi connectivity index (χ0) is 14.2. The second kappa shape index (κ2) is 4.72. The van der Waals surface area contributed by atoms with Gasteiger partial charge in [0.05, 0.1) is 0 Å². The molecule has 0 aromatic rings. The third-order valence-corrected chi connectivity index (χ3v) is 3.44. The Kier molecular flexibility index (Phi) is 4.01. The molecule has 1 rings (SSSR count). The van der Waals surface area contributed by atoms with Crippen molar-refractivity contribution in [1.29, 1.82) is 0 Å². The van der Waals surface area contributed by atoms with Crippen LogP contribution in [0.2, 0.25) is 0 Å². The zero-order valence-corrected chi connectivity index (χ0v) is 12.6. The van der Waals surface area contributed by atoms with Crippen LogP contribution in [-0.2, 0) is 4.74 Å². The summed E-state index contributed by atoms with van der Waals surface area (Å²) in [6, 6.07) is 0.0600. The topological polar surface area (TPSA) is 64.3 Å². The molecular formula is C14H28N2O2. The van der Waals surface area contributed by atoms with Gasteiger partial charge in [0.1, 0.15) is 5.60 Å². The lowest BCUT2D eigenvalue weighted by Crippen LogP contribution is -2.52. The third-order valence-electron chi connectivity index (χ3n) is 3.44. The summed E-state index contributed by atoms with van der Waals surface area (Å²) in [6.07, 6.45) is 1.82. The van der Waals surface area contributed by atoms with Crippen molar-refractivity contribution in [3.8, 4) is 0 Å². The largest absolute Gasteiger partial charge is 0.444 e. The van der Waals surface area contributed by atoms with Crippen molar-refractivity contribution in [1.82, 2.24) is 5.32 Å². The van der Waals surface area contributed by atoms with E-state index in [1.807, 2.05) is 20.8 Å². The summed E-state index contributed by atoms with van der Waals surface area (Å²) in [6.45, 7) is 12.6. The predicted octanol–water partition coefficient (Wildman–Crippen LogP) is 2.66. The van der Waals surface area contributed by atoms with Crippen molar-refractivity contribution >= 4 is 6.09 Å². The summed E-state index contributed by atoms with van der Waals surface area (Å²) in [5.74, 6) is 0. The fraction of sp³-hybridized carbons (Fsp3) is 0.929. The number of nitrogens with two attached hydrogens (primary N) is 1. The second-order valence-electron chi connectivity index (χ2n) is 7.51. The van der Waals surface area contributed by atoms with Crippen LogP contribution >= 0.6 is 0 Å². The number of nitrogens with one attached hydrogen (secondary N) is 1. The Morgan fingerprint density at radius 2 is 1.78 bits per heavy atom. The first kappa shape index (κ1) is 15.3. The van der Waals surface area contributed by atoms with Crippen LogP contribution in [0, 0.1) is 10.8 Å². The van der Waals surface area contributed by atoms with Crippen LogP contribution in [0.5, 0.6) is 0 Å². The van der Waals surface area contributed by atoms with E-state index in [2.05, 4.69) is 26.1 Å². The molecule has 3 N–H and O–H groups in total. The summed E-state index contributed by atoms with van der Waals surface area (Å²) in [5, 5.41) is 3.03. The van der Waals surface area contributed by atoms with Gasteiger partial charge in [0.25, 0.3) is 0 Å². The first-order chi connectivity index (χ1) is 8.00. The first-order valence-electron chi connectivity index (χ1n) is 6.70. The average molecular weight is 256 g/mol. The standard InChI is InChI=1S/C14H28N2O2/c1-12(2,3)10(14(9-15)7-8-14)16-11(17)18-13(4,5)6/h10H,7-9,15H2,1-6H3,(H,16,17). The summed E-state index contributed by atoms with van der Waals surface area (Å²) in [5.41, 5.74) is 5.45. The Morgan fingerprint density at radius 3 is 2.06 bits per heavy atom. The lowest BCUT2D eigenvalue weighted by molar-refractivity contribution is 0.0412. The smallest absolute Gasteiger partial charge is 0.407 e. The molecule has 0 saturated heterocycles. The average Bonchev–Trinajstić information content (AvgIpc) is 2.90. The molecule has 1 saturated carbocycles. The van der Waals surface area contributed by atoms with Gasteiger partial charge in [-0.25, -0.2) is 4.79 Å². The molecule has 0 bridgehead atoms. The van der Waals surface area contributed by atoms with Crippen molar-refractivity contribution in [2.45, 2.75) is 66.0 Å². The number of carbonyl (C=O) groups is 1. The minimum Gasteiger partial charge on any atom is -0.444 e. The first-order valence-corrected chi connectivity index (χ1v) is 6.70. The number of carbonyl (C=O) groups excluding carboxylic acids is 1. The summed E-state index contributed by atoms with van der Waals surface area (Å²) < 4.78 is 5.34. The molecule has 1 aliphatic carbocycles. The summed E-state index contributed by atoms with van der Waals surface area (Å²) in [4.78, 5) is 11.9. The van der Waals surface area contributed by atoms with Crippen LogP contribution in [0.25, 0.3) is 0 Å². The molecule has 18 heavy (non-hydrogen) atoms. The van der Waals surface area contributed by atoms with Crippen molar-refractivity contribution in [3.05, 3.63) is 0 Å². The predicted molar refractivity (Wildman–Crippen MR) is 73.3 cm³/mol. The van der Waals surface area contributed by atoms with Crippen molar-refractivity contribution in [3.63, 3.8) is 0 Å². The molecule has 1 unspecified atom stereocenters. The van der Waals surface area contributed by atoms with Gasteiger partial charge < -0.3 is 15.8 Å². The number of rotatable bonds is 3. The molecule has 0 aromatic heterocycles. The Labute approximate surface area is 111 Å². The van der Waals surface area contributed by atoms with E-state index in [-0.39, 0.29) is 23.0 Å². The van der Waals surface area contributed by atoms with Gasteiger partial charge in [0.15, 0.2) is 0 Å². The Bertz CT molecular complexity index is 309. The van der Waals surface area contributed by atoms with Gasteiger partial charge >= 0.3 is 6.09 Å². The van der Waals surface area contributed by atoms with Gasteiger partial charge in [0, 0.05) is 11.5 Å². The lowest BCUT2D eigenvalue weighted by Gasteiger charge is -2.38. The van der Waals surface area contributed by atoms with E-state index in [1.54, 1.807) is 0 Å². The van der Waals surface area contributed by atoms with E-state index >= 15 is 0 Å². The van der Waals surface area contributed by atoms with Crippen LogP contribution in [0.3, 0.4) is 0 Å². The van der Waals surface area contributed by atoms with E-state index < -0.39 is 5.60 Å². The monoisotopic (exact) mass is 256 g/mol. The van der Waals surface area contributed by atoms with Crippen LogP contribution in [0.1, 0.15) is 54.4 Å². The maximum absolute atomic E-state index is 11.9. The molecule has 4 nitrogen and oxygen atoms in total. The van der Waals surface area contributed by atoms with Gasteiger partial charge in [-0.2, -0.15) is 0 Å². The lowest BCUT2D eigenvalue weighted by atomic mass is 9.77. The highest BCUT2D eigenvalue weighted by molar-refractivity contribution is 5.68. The minimum atomic E-state index is -0.466. The van der Waals surface area contributed by atoms with Crippen molar-refractivity contribution in [2.24, 2.45) is 16.6 Å². The Morgan fingerprint density at radius 1 is 1.28 bits per heavy atom. The van der Waals surface area contributed by atoms with Gasteiger partial charge in [-0.1, -0.05) is 20.8 Å². The molecule has 1 fully saturated rings. The van der Waals surface area contributed by atoms with Gasteiger partial charge in [0.2, 0.25) is 0 Å². The number of amides is 1. The molecule has 1 aliphatic rings. The molecule has 1 atom stereocenters. The van der Waals surface area contributed by atoms with Crippen molar-refractivity contribution in [2.75, 3.05) is 6.54 Å². The van der Waals surface area contributed by atoms with E-state index in [4.69, 9.17) is 10.5 Å². The fourth-order valence-electron chi connectivity index (χ4n) is 2.48. The minimum absolute atomic E-state index is 0.0211. The summed E-state index contributed by atoms with van der Waals surface area (Å²) >= 11 is 0. The van der Waals surface area contributed by atoms with Crippen LogP contribution < -0.4 is 11.1 Å². The highest BCUT2D eigenvalue weighted by Crippen LogP contribution is 2.52. The Hall–Kier alpha value is -0.770. The van der Waals surface area contributed by atoms with E-state index in [9.17, 15) is 4.79 Å². The van der Waals surface area contributed by atoms with E-state index in [0.29, 0.717) is 6.54 Å². The maximum Gasteiger partial charge on any atom is 0.407 e. The molecule has 1 amide bonds. The molecule has 106 valence electrons. The van der Waals surface area contributed by atoms with E-state index in [0.717, 1.165) is 12.8 Å². The number of hydrogen-bond donors (Lipinski definition) is 2. The Balaban J connectivity index is 2.73. The quantitative estimate of drug-likeness (QED) is 0.816. The van der Waals surface area contributed by atoms with Crippen molar-refractivity contribution < 1.29 is 9.53 Å². The van der Waals surface area contributed by atoms with Gasteiger partial charge in [-0.3, -0.25) is 0 Å². The molecule has 0 heterocycles. The molecule has 0 radical (unpaired) electrons. The second-order valence-corrected chi connectivity index (χ2v) is 7.51. The summed E-state index contributed by atoms with van der Waals surface area (Å²) in [7, 11) is 0. The SMILES string of the molecule is CC(C)(C)OC(=O)NC(C(C)(C)C)C1(CN)CC1. The zero-order valence-electron chi connectivity index (χ0n) is 12.6. The van der Waals surface area contributed by atoms with Crippen LogP contribution in [-0.4, -0.2) is 24.3 Å². The van der Waals surface area contributed by atoms with Gasteiger partial charge in [-0.15, -0.1) is 0 Å². The highest BCUT2D eigenvalue weighted by atomic mass is 16.6.